The molecule has 1 aliphatic carbocycles. The van der Waals surface area contributed by atoms with E-state index in [1.54, 1.807) is 11.3 Å². The Bertz CT molecular complexity index is 1180. The maximum atomic E-state index is 9.05. The van der Waals surface area contributed by atoms with Gasteiger partial charge in [0.2, 0.25) is 0 Å². The number of thiazole rings is 1. The molecule has 0 bridgehead atoms. The number of nitriles is 1. The normalized spacial score (nSPS) is 15.1. The average molecular weight is 388 g/mol. The van der Waals surface area contributed by atoms with Gasteiger partial charge >= 0.3 is 0 Å². The van der Waals surface area contributed by atoms with Gasteiger partial charge in [-0.1, -0.05) is 36.7 Å². The van der Waals surface area contributed by atoms with Gasteiger partial charge in [-0.25, -0.2) is 9.97 Å². The van der Waals surface area contributed by atoms with Crippen molar-refractivity contribution in [3.63, 3.8) is 0 Å². The van der Waals surface area contributed by atoms with Crippen molar-refractivity contribution in [2.45, 2.75) is 44.7 Å². The van der Waals surface area contributed by atoms with E-state index in [1.807, 2.05) is 24.5 Å². The minimum atomic E-state index is 0.574. The number of aromatic nitrogens is 3. The van der Waals surface area contributed by atoms with E-state index >= 15 is 0 Å². The number of anilines is 1. The van der Waals surface area contributed by atoms with E-state index in [0.717, 1.165) is 28.2 Å². The first-order valence-corrected chi connectivity index (χ1v) is 10.6. The van der Waals surface area contributed by atoms with Crippen molar-refractivity contribution >= 4 is 37.7 Å². The fraction of sp³-hybridized carbons (Fsp3) is 0.318. The summed E-state index contributed by atoms with van der Waals surface area (Å²) in [5.41, 5.74) is 4.83. The molecule has 1 fully saturated rings. The van der Waals surface area contributed by atoms with Gasteiger partial charge in [-0.05, 0) is 48.7 Å². The van der Waals surface area contributed by atoms with Gasteiger partial charge < -0.3 is 9.88 Å². The van der Waals surface area contributed by atoms with Gasteiger partial charge in [-0.15, -0.1) is 0 Å². The summed E-state index contributed by atoms with van der Waals surface area (Å²) >= 11 is 1.74. The van der Waals surface area contributed by atoms with Crippen molar-refractivity contribution < 1.29 is 0 Å². The predicted octanol–water partition coefficient (Wildman–Crippen LogP) is 5.31. The first-order chi connectivity index (χ1) is 13.8. The number of hydrogen-bond donors (Lipinski definition) is 1. The molecule has 0 aliphatic heterocycles. The van der Waals surface area contributed by atoms with Crippen LogP contribution in [0.3, 0.4) is 0 Å². The number of rotatable bonds is 4. The van der Waals surface area contributed by atoms with E-state index in [9.17, 15) is 0 Å². The lowest BCUT2D eigenvalue weighted by Crippen LogP contribution is -2.21. The summed E-state index contributed by atoms with van der Waals surface area (Å²) in [5.74, 6) is 0. The number of nitrogens with zero attached hydrogens (tertiary/aromatic N) is 4. The lowest BCUT2D eigenvalue weighted by Gasteiger charge is -2.22. The van der Waals surface area contributed by atoms with Crippen LogP contribution in [0, 0.1) is 11.3 Å². The van der Waals surface area contributed by atoms with Crippen molar-refractivity contribution in [2.24, 2.45) is 0 Å². The predicted molar refractivity (Wildman–Crippen MR) is 114 cm³/mol. The summed E-state index contributed by atoms with van der Waals surface area (Å²) in [5, 5.41) is 13.7. The zero-order valence-corrected chi connectivity index (χ0v) is 16.4. The Morgan fingerprint density at radius 2 is 2.00 bits per heavy atom. The molecule has 28 heavy (non-hydrogen) atoms. The van der Waals surface area contributed by atoms with Crippen molar-refractivity contribution in [3.8, 4) is 6.07 Å². The van der Waals surface area contributed by atoms with Crippen molar-refractivity contribution in [2.75, 3.05) is 5.32 Å². The highest BCUT2D eigenvalue weighted by atomic mass is 32.1. The van der Waals surface area contributed by atoms with E-state index in [4.69, 9.17) is 10.2 Å². The number of hydrogen-bond acceptors (Lipinski definition) is 5. The fourth-order valence-corrected chi connectivity index (χ4v) is 5.01. The molecule has 0 saturated heterocycles. The van der Waals surface area contributed by atoms with Crippen molar-refractivity contribution in [1.82, 2.24) is 14.5 Å². The van der Waals surface area contributed by atoms with Crippen LogP contribution in [0.4, 0.5) is 5.13 Å². The molecule has 0 spiro atoms. The van der Waals surface area contributed by atoms with Gasteiger partial charge in [0.25, 0.3) is 0 Å². The quantitative estimate of drug-likeness (QED) is 0.515. The maximum absolute atomic E-state index is 9.05. The summed E-state index contributed by atoms with van der Waals surface area (Å²) < 4.78 is 3.34. The third-order valence-electron chi connectivity index (χ3n) is 5.49. The highest BCUT2D eigenvalue weighted by Gasteiger charge is 2.15. The number of nitrogens with one attached hydrogen (secondary N) is 1. The molecule has 5 rings (SSSR count). The molecule has 0 radical (unpaired) electrons. The monoisotopic (exact) mass is 387 g/mol. The molecule has 0 amide bonds. The summed E-state index contributed by atoms with van der Waals surface area (Å²) in [6.45, 7) is 0.752. The smallest absolute Gasteiger partial charge is 0.184 e. The number of benzene rings is 2. The number of imidazole rings is 1. The topological polar surface area (TPSA) is 66.5 Å². The highest BCUT2D eigenvalue weighted by Crippen LogP contribution is 2.30. The molecule has 4 aromatic rings. The highest BCUT2D eigenvalue weighted by molar-refractivity contribution is 7.22. The Labute approximate surface area is 167 Å². The van der Waals surface area contributed by atoms with Crippen LogP contribution >= 0.6 is 11.3 Å². The Balaban J connectivity index is 1.38. The van der Waals surface area contributed by atoms with Gasteiger partial charge in [-0.3, -0.25) is 0 Å². The molecule has 2 heterocycles. The Hall–Kier alpha value is -2.91. The average Bonchev–Trinajstić information content (AvgIpc) is 3.31. The summed E-state index contributed by atoms with van der Waals surface area (Å²) in [4.78, 5) is 9.22. The molecule has 140 valence electrons. The number of fused-ring (bicyclic) bond motifs is 2. The molecule has 2 aromatic carbocycles. The zero-order chi connectivity index (χ0) is 18.9. The molecule has 1 aliphatic rings. The maximum Gasteiger partial charge on any atom is 0.184 e. The summed E-state index contributed by atoms with van der Waals surface area (Å²) in [6.07, 6.45) is 8.36. The van der Waals surface area contributed by atoms with E-state index in [0.29, 0.717) is 11.6 Å². The van der Waals surface area contributed by atoms with Crippen molar-refractivity contribution in [3.05, 3.63) is 53.9 Å². The Morgan fingerprint density at radius 3 is 2.86 bits per heavy atom. The Morgan fingerprint density at radius 1 is 1.11 bits per heavy atom. The van der Waals surface area contributed by atoms with Gasteiger partial charge in [0, 0.05) is 12.6 Å². The van der Waals surface area contributed by atoms with Gasteiger partial charge in [0.05, 0.1) is 39.2 Å². The molecular formula is C22H21N5S. The van der Waals surface area contributed by atoms with Crippen LogP contribution in [0.1, 0.15) is 43.2 Å². The lowest BCUT2D eigenvalue weighted by atomic mass is 9.96. The van der Waals surface area contributed by atoms with Crippen LogP contribution in [-0.4, -0.2) is 20.6 Å². The second kappa shape index (κ2) is 7.25. The molecule has 1 saturated carbocycles. The second-order valence-electron chi connectivity index (χ2n) is 7.49. The molecule has 5 nitrogen and oxygen atoms in total. The van der Waals surface area contributed by atoms with E-state index < -0.39 is 0 Å². The first-order valence-electron chi connectivity index (χ1n) is 9.79. The molecular weight excluding hydrogens is 366 g/mol. The van der Waals surface area contributed by atoms with Crippen LogP contribution in [0.5, 0.6) is 0 Å². The van der Waals surface area contributed by atoms with Crippen LogP contribution in [0.15, 0.2) is 42.7 Å². The standard InChI is InChI=1S/C22H21N5S/c23-12-15-7-9-20-19(10-15)24-14-27(20)13-16-6-8-18-21(11-16)28-22(26-18)25-17-4-2-1-3-5-17/h6-11,14,17H,1-5,13H2,(H,25,26). The lowest BCUT2D eigenvalue weighted by molar-refractivity contribution is 0.462. The largest absolute Gasteiger partial charge is 0.359 e. The molecule has 6 heteroatoms. The van der Waals surface area contributed by atoms with E-state index in [-0.39, 0.29) is 0 Å². The minimum Gasteiger partial charge on any atom is -0.359 e. The summed E-state index contributed by atoms with van der Waals surface area (Å²) in [6, 6.07) is 14.9. The van der Waals surface area contributed by atoms with Crippen LogP contribution in [0.25, 0.3) is 21.3 Å². The van der Waals surface area contributed by atoms with Gasteiger partial charge in [0.15, 0.2) is 5.13 Å². The van der Waals surface area contributed by atoms with E-state index in [2.05, 4.69) is 39.1 Å². The molecule has 0 unspecified atom stereocenters. The second-order valence-corrected chi connectivity index (χ2v) is 8.52. The molecule has 0 atom stereocenters. The molecule has 2 aromatic heterocycles. The zero-order valence-electron chi connectivity index (χ0n) is 15.6. The van der Waals surface area contributed by atoms with Gasteiger partial charge in [0.1, 0.15) is 0 Å². The van der Waals surface area contributed by atoms with Crippen LogP contribution < -0.4 is 5.32 Å². The molecule has 1 N–H and O–H groups in total. The third kappa shape index (κ3) is 3.34. The first kappa shape index (κ1) is 17.2. The third-order valence-corrected chi connectivity index (χ3v) is 6.44. The summed E-state index contributed by atoms with van der Waals surface area (Å²) in [7, 11) is 0. The SMILES string of the molecule is N#Cc1ccc2c(c1)ncn2Cc1ccc2nc(NC3CCCCC3)sc2c1. The van der Waals surface area contributed by atoms with E-state index in [1.165, 1.54) is 42.4 Å². The van der Waals surface area contributed by atoms with Crippen molar-refractivity contribution in [1.29, 1.82) is 5.26 Å². The van der Waals surface area contributed by atoms with Crippen LogP contribution in [0.2, 0.25) is 0 Å². The fourth-order valence-electron chi connectivity index (χ4n) is 4.01. The Kier molecular flexibility index (Phi) is 4.46. The van der Waals surface area contributed by atoms with Gasteiger partial charge in [-0.2, -0.15) is 5.26 Å². The van der Waals surface area contributed by atoms with Crippen LogP contribution in [-0.2, 0) is 6.54 Å². The minimum absolute atomic E-state index is 0.574.